The van der Waals surface area contributed by atoms with Crippen LogP contribution in [0.2, 0.25) is 12.1 Å². The molecule has 0 aliphatic heterocycles. The topological polar surface area (TPSA) is 9.23 Å². The van der Waals surface area contributed by atoms with Crippen molar-refractivity contribution in [3.05, 3.63) is 35.9 Å². The van der Waals surface area contributed by atoms with E-state index in [4.69, 9.17) is 4.43 Å². The number of rotatable bonds is 8. The van der Waals surface area contributed by atoms with Crippen LogP contribution in [0.5, 0.6) is 0 Å². The fourth-order valence-corrected chi connectivity index (χ4v) is 3.83. The van der Waals surface area contributed by atoms with Crippen LogP contribution in [0.15, 0.2) is 30.3 Å². The van der Waals surface area contributed by atoms with E-state index in [-0.39, 0.29) is 0 Å². The van der Waals surface area contributed by atoms with Crippen LogP contribution < -0.4 is 0 Å². The van der Waals surface area contributed by atoms with Gasteiger partial charge in [0.1, 0.15) is 0 Å². The molecule has 0 fully saturated rings. The average molecular weight is 235 g/mol. The van der Waals surface area contributed by atoms with Crippen LogP contribution in [0.3, 0.4) is 0 Å². The van der Waals surface area contributed by atoms with Gasteiger partial charge in [-0.05, 0) is 24.1 Å². The monoisotopic (exact) mass is 235 g/mol. The van der Waals surface area contributed by atoms with Crippen molar-refractivity contribution >= 4 is 9.04 Å². The van der Waals surface area contributed by atoms with Crippen molar-refractivity contribution in [3.63, 3.8) is 0 Å². The third-order valence-corrected chi connectivity index (χ3v) is 5.33. The SMILES string of the molecule is CCC[Si](CCC)OCCc1ccccc1. The lowest BCUT2D eigenvalue weighted by molar-refractivity contribution is 0.321. The molecule has 2 heteroatoms. The minimum atomic E-state index is -0.516. The van der Waals surface area contributed by atoms with Gasteiger partial charge in [-0.1, -0.05) is 57.0 Å². The summed E-state index contributed by atoms with van der Waals surface area (Å²) < 4.78 is 6.03. The van der Waals surface area contributed by atoms with Crippen LogP contribution in [0, 0.1) is 0 Å². The first-order valence-corrected chi connectivity index (χ1v) is 8.20. The molecule has 1 nitrogen and oxygen atoms in total. The average Bonchev–Trinajstić information content (AvgIpc) is 2.31. The molecule has 0 aliphatic rings. The second-order valence-electron chi connectivity index (χ2n) is 4.12. The van der Waals surface area contributed by atoms with Gasteiger partial charge >= 0.3 is 0 Å². The van der Waals surface area contributed by atoms with Crippen LogP contribution in [-0.2, 0) is 10.8 Å². The lowest BCUT2D eigenvalue weighted by Gasteiger charge is -2.13. The Morgan fingerprint density at radius 3 is 2.19 bits per heavy atom. The summed E-state index contributed by atoms with van der Waals surface area (Å²) in [4.78, 5) is 0. The molecule has 1 rings (SSSR count). The summed E-state index contributed by atoms with van der Waals surface area (Å²) in [5.41, 5.74) is 1.39. The van der Waals surface area contributed by atoms with Gasteiger partial charge in [0.05, 0.1) is 0 Å². The van der Waals surface area contributed by atoms with Crippen LogP contribution >= 0.6 is 0 Å². The molecule has 0 saturated heterocycles. The van der Waals surface area contributed by atoms with Crippen molar-refractivity contribution in [2.24, 2.45) is 0 Å². The molecule has 0 atom stereocenters. The van der Waals surface area contributed by atoms with Crippen molar-refractivity contribution in [2.45, 2.75) is 45.2 Å². The highest BCUT2D eigenvalue weighted by Gasteiger charge is 2.10. The van der Waals surface area contributed by atoms with Gasteiger partial charge in [-0.3, -0.25) is 0 Å². The van der Waals surface area contributed by atoms with E-state index in [1.54, 1.807) is 0 Å². The predicted octanol–water partition coefficient (Wildman–Crippen LogP) is 4.06. The largest absolute Gasteiger partial charge is 0.416 e. The maximum Gasteiger partial charge on any atom is 0.211 e. The van der Waals surface area contributed by atoms with E-state index in [9.17, 15) is 0 Å². The summed E-state index contributed by atoms with van der Waals surface area (Å²) in [6, 6.07) is 13.2. The standard InChI is InChI=1S/C14H23OSi/c1-3-12-16(13-4-2)15-11-10-14-8-6-5-7-9-14/h5-9H,3-4,10-13H2,1-2H3. The van der Waals surface area contributed by atoms with Gasteiger partial charge in [0.2, 0.25) is 9.04 Å². The van der Waals surface area contributed by atoms with Crippen LogP contribution in [0.4, 0.5) is 0 Å². The first kappa shape index (κ1) is 13.5. The molecule has 0 aromatic heterocycles. The van der Waals surface area contributed by atoms with Crippen molar-refractivity contribution < 1.29 is 4.43 Å². The summed E-state index contributed by atoms with van der Waals surface area (Å²) in [5, 5.41) is 0. The molecule has 0 amide bonds. The zero-order valence-electron chi connectivity index (χ0n) is 10.5. The molecule has 0 unspecified atom stereocenters. The molecule has 16 heavy (non-hydrogen) atoms. The molecular weight excluding hydrogens is 212 g/mol. The van der Waals surface area contributed by atoms with Gasteiger partial charge in [0.15, 0.2) is 0 Å². The summed E-state index contributed by atoms with van der Waals surface area (Å²) in [6.45, 7) is 5.40. The second kappa shape index (κ2) is 8.54. The van der Waals surface area contributed by atoms with E-state index in [0.717, 1.165) is 13.0 Å². The van der Waals surface area contributed by atoms with Gasteiger partial charge in [-0.15, -0.1) is 0 Å². The van der Waals surface area contributed by atoms with Gasteiger partial charge in [-0.2, -0.15) is 0 Å². The quantitative estimate of drug-likeness (QED) is 0.618. The highest BCUT2D eigenvalue weighted by Crippen LogP contribution is 2.08. The molecule has 0 N–H and O–H groups in total. The van der Waals surface area contributed by atoms with E-state index in [1.165, 1.54) is 30.5 Å². The second-order valence-corrected chi connectivity index (χ2v) is 6.49. The van der Waals surface area contributed by atoms with Gasteiger partial charge in [0.25, 0.3) is 0 Å². The van der Waals surface area contributed by atoms with Gasteiger partial charge < -0.3 is 4.43 Å². The van der Waals surface area contributed by atoms with E-state index in [0.29, 0.717) is 0 Å². The van der Waals surface area contributed by atoms with Crippen LogP contribution in [0.25, 0.3) is 0 Å². The molecule has 0 saturated carbocycles. The Morgan fingerprint density at radius 1 is 1.00 bits per heavy atom. The maximum absolute atomic E-state index is 6.03. The summed E-state index contributed by atoms with van der Waals surface area (Å²) in [5.74, 6) is 0. The Hall–Kier alpha value is -0.603. The van der Waals surface area contributed by atoms with Crippen molar-refractivity contribution in [2.75, 3.05) is 6.61 Å². The highest BCUT2D eigenvalue weighted by atomic mass is 28.3. The molecule has 1 radical (unpaired) electrons. The molecule has 0 spiro atoms. The van der Waals surface area contributed by atoms with E-state index in [1.807, 2.05) is 0 Å². The highest BCUT2D eigenvalue weighted by molar-refractivity contribution is 6.51. The Morgan fingerprint density at radius 2 is 1.62 bits per heavy atom. The normalized spacial score (nSPS) is 10.9. The molecule has 89 valence electrons. The first-order valence-electron chi connectivity index (χ1n) is 6.38. The Labute approximate surface area is 102 Å². The minimum absolute atomic E-state index is 0.516. The molecule has 1 aromatic carbocycles. The van der Waals surface area contributed by atoms with Crippen molar-refractivity contribution in [1.29, 1.82) is 0 Å². The predicted molar refractivity (Wildman–Crippen MR) is 72.0 cm³/mol. The maximum atomic E-state index is 6.03. The molecule has 1 aromatic rings. The molecular formula is C14H23OSi. The van der Waals surface area contributed by atoms with Crippen molar-refractivity contribution in [3.8, 4) is 0 Å². The first-order chi connectivity index (χ1) is 7.86. The fraction of sp³-hybridized carbons (Fsp3) is 0.571. The lowest BCUT2D eigenvalue weighted by atomic mass is 10.2. The van der Waals surface area contributed by atoms with E-state index < -0.39 is 9.04 Å². The summed E-state index contributed by atoms with van der Waals surface area (Å²) in [7, 11) is -0.516. The van der Waals surface area contributed by atoms with E-state index >= 15 is 0 Å². The third kappa shape index (κ3) is 5.47. The zero-order valence-corrected chi connectivity index (χ0v) is 11.5. The van der Waals surface area contributed by atoms with Crippen LogP contribution in [-0.4, -0.2) is 15.6 Å². The molecule has 0 bridgehead atoms. The smallest absolute Gasteiger partial charge is 0.211 e. The van der Waals surface area contributed by atoms with Crippen molar-refractivity contribution in [1.82, 2.24) is 0 Å². The zero-order chi connectivity index (χ0) is 11.6. The Balaban J connectivity index is 2.22. The Bertz CT molecular complexity index is 255. The Kier molecular flexibility index (Phi) is 7.18. The summed E-state index contributed by atoms with van der Waals surface area (Å²) in [6.07, 6.45) is 3.59. The fourth-order valence-electron chi connectivity index (χ4n) is 1.78. The van der Waals surface area contributed by atoms with Crippen LogP contribution in [0.1, 0.15) is 32.3 Å². The summed E-state index contributed by atoms with van der Waals surface area (Å²) >= 11 is 0. The third-order valence-electron chi connectivity index (χ3n) is 2.60. The number of hydrogen-bond acceptors (Lipinski definition) is 1. The van der Waals surface area contributed by atoms with E-state index in [2.05, 4.69) is 44.2 Å². The number of benzene rings is 1. The van der Waals surface area contributed by atoms with Gasteiger partial charge in [0, 0.05) is 6.61 Å². The lowest BCUT2D eigenvalue weighted by Crippen LogP contribution is -2.18. The minimum Gasteiger partial charge on any atom is -0.416 e. The number of hydrogen-bond donors (Lipinski definition) is 0. The molecule has 0 aliphatic carbocycles. The molecule has 0 heterocycles. The van der Waals surface area contributed by atoms with Gasteiger partial charge in [-0.25, -0.2) is 0 Å².